The lowest BCUT2D eigenvalue weighted by atomic mass is 9.97. The topological polar surface area (TPSA) is 121 Å². The van der Waals surface area contributed by atoms with Crippen molar-refractivity contribution in [3.63, 3.8) is 0 Å². The summed E-state index contributed by atoms with van der Waals surface area (Å²) < 4.78 is 22.2. The van der Waals surface area contributed by atoms with Gasteiger partial charge in [0.25, 0.3) is 5.69 Å². The van der Waals surface area contributed by atoms with E-state index in [0.717, 1.165) is 0 Å². The number of benzene rings is 1. The first kappa shape index (κ1) is 17.1. The van der Waals surface area contributed by atoms with Crippen molar-refractivity contribution >= 4 is 5.69 Å². The molecule has 0 bridgehead atoms. The van der Waals surface area contributed by atoms with Gasteiger partial charge in [-0.05, 0) is 26.0 Å². The Labute approximate surface area is 137 Å². The highest BCUT2D eigenvalue weighted by Gasteiger charge is 2.51. The number of nitro benzene ring substituents is 1. The summed E-state index contributed by atoms with van der Waals surface area (Å²) in [6.45, 7) is 3.60. The van der Waals surface area contributed by atoms with Crippen LogP contribution in [-0.4, -0.2) is 58.2 Å². The fraction of sp³-hybridized carbons (Fsp3) is 0.600. The van der Waals surface area contributed by atoms with Crippen LogP contribution in [0.15, 0.2) is 24.3 Å². The van der Waals surface area contributed by atoms with Crippen LogP contribution in [0.4, 0.5) is 5.69 Å². The van der Waals surface area contributed by atoms with Crippen LogP contribution >= 0.6 is 0 Å². The molecule has 9 heteroatoms. The van der Waals surface area contributed by atoms with Gasteiger partial charge < -0.3 is 29.2 Å². The maximum Gasteiger partial charge on any atom is 0.269 e. The minimum atomic E-state index is -1.34. The molecule has 0 radical (unpaired) electrons. The third-order valence-corrected chi connectivity index (χ3v) is 3.96. The van der Waals surface area contributed by atoms with Gasteiger partial charge in [-0.25, -0.2) is 0 Å². The second kappa shape index (κ2) is 6.26. The molecule has 0 spiro atoms. The van der Waals surface area contributed by atoms with E-state index in [9.17, 15) is 20.3 Å². The molecular weight excluding hydrogens is 322 g/mol. The molecule has 1 aromatic carbocycles. The first-order valence-electron chi connectivity index (χ1n) is 7.51. The van der Waals surface area contributed by atoms with Crippen LogP contribution in [0.2, 0.25) is 0 Å². The number of non-ortho nitro benzene ring substituents is 1. The summed E-state index contributed by atoms with van der Waals surface area (Å²) in [7, 11) is 0. The Hall–Kier alpha value is -1.78. The van der Waals surface area contributed by atoms with E-state index in [-0.39, 0.29) is 18.0 Å². The van der Waals surface area contributed by atoms with Crippen molar-refractivity contribution in [1.82, 2.24) is 0 Å². The fourth-order valence-electron chi connectivity index (χ4n) is 2.71. The summed E-state index contributed by atoms with van der Waals surface area (Å²) in [6, 6.07) is 5.34. The minimum Gasteiger partial charge on any atom is -0.462 e. The monoisotopic (exact) mass is 341 g/mol. The second-order valence-corrected chi connectivity index (χ2v) is 6.19. The third kappa shape index (κ3) is 3.35. The average molecular weight is 341 g/mol. The zero-order chi connectivity index (χ0) is 17.5. The van der Waals surface area contributed by atoms with Gasteiger partial charge >= 0.3 is 0 Å². The van der Waals surface area contributed by atoms with Crippen LogP contribution in [0.25, 0.3) is 0 Å². The molecule has 5 atom stereocenters. The van der Waals surface area contributed by atoms with Crippen molar-refractivity contribution < 1.29 is 34.1 Å². The van der Waals surface area contributed by atoms with E-state index in [0.29, 0.717) is 0 Å². The fourth-order valence-corrected chi connectivity index (χ4v) is 2.71. The van der Waals surface area contributed by atoms with Crippen molar-refractivity contribution in [2.75, 3.05) is 6.61 Å². The number of nitro groups is 1. The lowest BCUT2D eigenvalue weighted by Crippen LogP contribution is -2.65. The maximum absolute atomic E-state index is 10.6. The van der Waals surface area contributed by atoms with E-state index in [1.165, 1.54) is 24.3 Å². The highest BCUT2D eigenvalue weighted by atomic mass is 16.8. The molecule has 3 rings (SSSR count). The number of fused-ring (bicyclic) bond motifs is 1. The zero-order valence-electron chi connectivity index (χ0n) is 13.2. The van der Waals surface area contributed by atoms with Crippen LogP contribution in [0.5, 0.6) is 5.75 Å². The van der Waals surface area contributed by atoms with Gasteiger partial charge in [0.2, 0.25) is 6.29 Å². The molecule has 0 saturated carbocycles. The van der Waals surface area contributed by atoms with Crippen molar-refractivity contribution in [2.45, 2.75) is 50.3 Å². The summed E-state index contributed by atoms with van der Waals surface area (Å²) in [4.78, 5) is 10.1. The van der Waals surface area contributed by atoms with Crippen molar-refractivity contribution in [1.29, 1.82) is 0 Å². The molecule has 2 aliphatic heterocycles. The van der Waals surface area contributed by atoms with E-state index >= 15 is 0 Å². The van der Waals surface area contributed by atoms with Crippen molar-refractivity contribution in [3.8, 4) is 5.75 Å². The lowest BCUT2D eigenvalue weighted by Gasteiger charge is -2.48. The van der Waals surface area contributed by atoms with Gasteiger partial charge in [0.1, 0.15) is 30.2 Å². The number of ether oxygens (including phenoxy) is 4. The SMILES string of the molecule is CC1(C)OCC2O[C@H](Oc3ccc([N+](=O)[O-])cc3)C(O)[C@@H](O)[C@H]2O1. The normalized spacial score (nSPS) is 35.1. The first-order chi connectivity index (χ1) is 11.3. The van der Waals surface area contributed by atoms with E-state index in [1.807, 2.05) is 0 Å². The highest BCUT2D eigenvalue weighted by molar-refractivity contribution is 5.36. The summed E-state index contributed by atoms with van der Waals surface area (Å²) in [5.74, 6) is -0.606. The Kier molecular flexibility index (Phi) is 4.45. The van der Waals surface area contributed by atoms with Crippen molar-refractivity contribution in [2.24, 2.45) is 0 Å². The lowest BCUT2D eigenvalue weighted by molar-refractivity contribution is -0.385. The van der Waals surface area contributed by atoms with Gasteiger partial charge in [0.15, 0.2) is 5.79 Å². The Balaban J connectivity index is 1.70. The van der Waals surface area contributed by atoms with Gasteiger partial charge in [-0.15, -0.1) is 0 Å². The second-order valence-electron chi connectivity index (χ2n) is 6.19. The average Bonchev–Trinajstić information content (AvgIpc) is 2.53. The van der Waals surface area contributed by atoms with Gasteiger partial charge in [-0.3, -0.25) is 10.1 Å². The number of hydrogen-bond donors (Lipinski definition) is 2. The predicted octanol–water partition coefficient (Wildman–Crippen LogP) is 0.572. The van der Waals surface area contributed by atoms with Gasteiger partial charge in [0.05, 0.1) is 11.5 Å². The molecule has 132 valence electrons. The maximum atomic E-state index is 10.6. The van der Waals surface area contributed by atoms with E-state index in [4.69, 9.17) is 18.9 Å². The standard InChI is InChI=1S/C15H19NO8/c1-15(2)21-7-10-13(24-15)11(17)12(18)14(23-10)22-9-5-3-8(4-6-9)16(19)20/h3-6,10-14,17-18H,7H2,1-2H3/t10?,11-,12?,13+,14+/m1/s1. The number of rotatable bonds is 3. The summed E-state index contributed by atoms with van der Waals surface area (Å²) >= 11 is 0. The molecule has 2 aliphatic rings. The smallest absolute Gasteiger partial charge is 0.269 e. The summed E-state index contributed by atoms with van der Waals surface area (Å²) in [5, 5.41) is 31.2. The summed E-state index contributed by atoms with van der Waals surface area (Å²) in [6.07, 6.45) is -5.03. The van der Waals surface area contributed by atoms with Crippen molar-refractivity contribution in [3.05, 3.63) is 34.4 Å². The highest BCUT2D eigenvalue weighted by Crippen LogP contribution is 2.33. The van der Waals surface area contributed by atoms with Crippen LogP contribution in [0, 0.1) is 10.1 Å². The quantitative estimate of drug-likeness (QED) is 0.605. The molecule has 2 saturated heterocycles. The molecule has 24 heavy (non-hydrogen) atoms. The predicted molar refractivity (Wildman–Crippen MR) is 79.3 cm³/mol. The minimum absolute atomic E-state index is 0.0797. The van der Waals surface area contributed by atoms with Gasteiger partial charge in [0, 0.05) is 12.1 Å². The molecule has 1 aromatic rings. The van der Waals surface area contributed by atoms with E-state index in [2.05, 4.69) is 0 Å². The van der Waals surface area contributed by atoms with Crippen LogP contribution < -0.4 is 4.74 Å². The molecule has 9 nitrogen and oxygen atoms in total. The molecule has 2 heterocycles. The Morgan fingerprint density at radius 1 is 1.25 bits per heavy atom. The Bertz CT molecular complexity index is 602. The molecule has 0 aliphatic carbocycles. The number of aliphatic hydroxyl groups is 2. The zero-order valence-corrected chi connectivity index (χ0v) is 13.2. The number of hydrogen-bond acceptors (Lipinski definition) is 8. The van der Waals surface area contributed by atoms with E-state index < -0.39 is 41.4 Å². The van der Waals surface area contributed by atoms with Crippen LogP contribution in [0.1, 0.15) is 13.8 Å². The number of aliphatic hydroxyl groups excluding tert-OH is 2. The summed E-state index contributed by atoms with van der Waals surface area (Å²) in [5.41, 5.74) is -0.0797. The Morgan fingerprint density at radius 2 is 1.92 bits per heavy atom. The van der Waals surface area contributed by atoms with Gasteiger partial charge in [-0.1, -0.05) is 0 Å². The molecule has 2 unspecified atom stereocenters. The molecule has 2 fully saturated rings. The van der Waals surface area contributed by atoms with E-state index in [1.54, 1.807) is 13.8 Å². The third-order valence-electron chi connectivity index (χ3n) is 3.96. The molecule has 2 N–H and O–H groups in total. The van der Waals surface area contributed by atoms with Gasteiger partial charge in [-0.2, -0.15) is 0 Å². The molecule has 0 aromatic heterocycles. The van der Waals surface area contributed by atoms with Crippen LogP contribution in [0.3, 0.4) is 0 Å². The largest absolute Gasteiger partial charge is 0.462 e. The molecule has 0 amide bonds. The number of nitrogens with zero attached hydrogens (tertiary/aromatic N) is 1. The molecular formula is C15H19NO8. The van der Waals surface area contributed by atoms with Crippen LogP contribution in [-0.2, 0) is 14.2 Å². The Morgan fingerprint density at radius 3 is 2.54 bits per heavy atom. The first-order valence-corrected chi connectivity index (χ1v) is 7.51.